The van der Waals surface area contributed by atoms with Gasteiger partial charge in [0.15, 0.2) is 0 Å². The molecule has 0 spiro atoms. The van der Waals surface area contributed by atoms with Crippen LogP contribution in [0.5, 0.6) is 0 Å². The van der Waals surface area contributed by atoms with Gasteiger partial charge >= 0.3 is 12.0 Å². The summed E-state index contributed by atoms with van der Waals surface area (Å²) < 4.78 is 0. The Hall–Kier alpha value is -1.79. The minimum atomic E-state index is -1.12. The SMILES string of the molecule is CCCCNC(=O)N1CC(=O)NCC1C(=O)O. The fourth-order valence-corrected chi connectivity index (χ4v) is 1.55. The summed E-state index contributed by atoms with van der Waals surface area (Å²) in [5.41, 5.74) is 0. The van der Waals surface area contributed by atoms with Crippen LogP contribution in [0.4, 0.5) is 4.79 Å². The van der Waals surface area contributed by atoms with E-state index in [1.807, 2.05) is 6.92 Å². The quantitative estimate of drug-likeness (QED) is 0.573. The fourth-order valence-electron chi connectivity index (χ4n) is 1.55. The molecule has 0 bridgehead atoms. The maximum Gasteiger partial charge on any atom is 0.328 e. The van der Waals surface area contributed by atoms with Gasteiger partial charge in [0.1, 0.15) is 12.6 Å². The molecule has 1 aliphatic rings. The van der Waals surface area contributed by atoms with E-state index in [2.05, 4.69) is 10.6 Å². The number of nitrogens with zero attached hydrogens (tertiary/aromatic N) is 1. The second-order valence-electron chi connectivity index (χ2n) is 3.87. The lowest BCUT2D eigenvalue weighted by Crippen LogP contribution is -2.61. The lowest BCUT2D eigenvalue weighted by molar-refractivity contribution is -0.144. The van der Waals surface area contributed by atoms with Crippen LogP contribution in [0.25, 0.3) is 0 Å². The molecule has 0 radical (unpaired) electrons. The van der Waals surface area contributed by atoms with Crippen molar-refractivity contribution in [3.05, 3.63) is 0 Å². The number of amides is 3. The van der Waals surface area contributed by atoms with Crippen molar-refractivity contribution in [2.75, 3.05) is 19.6 Å². The molecule has 96 valence electrons. The number of carbonyl (C=O) groups excluding carboxylic acids is 2. The Bertz CT molecular complexity index is 319. The highest BCUT2D eigenvalue weighted by molar-refractivity contribution is 5.90. The number of aliphatic carboxylic acids is 1. The second kappa shape index (κ2) is 6.07. The summed E-state index contributed by atoms with van der Waals surface area (Å²) in [5.74, 6) is -1.45. The highest BCUT2D eigenvalue weighted by Crippen LogP contribution is 2.04. The van der Waals surface area contributed by atoms with Crippen molar-refractivity contribution in [2.24, 2.45) is 0 Å². The molecule has 1 rings (SSSR count). The van der Waals surface area contributed by atoms with E-state index in [0.29, 0.717) is 6.54 Å². The zero-order chi connectivity index (χ0) is 12.8. The predicted molar refractivity (Wildman–Crippen MR) is 59.4 cm³/mol. The van der Waals surface area contributed by atoms with Gasteiger partial charge in [-0.3, -0.25) is 9.69 Å². The predicted octanol–water partition coefficient (Wildman–Crippen LogP) is -0.619. The Morgan fingerprint density at radius 2 is 2.29 bits per heavy atom. The van der Waals surface area contributed by atoms with Crippen LogP contribution in [-0.4, -0.2) is 53.6 Å². The zero-order valence-corrected chi connectivity index (χ0v) is 9.73. The van der Waals surface area contributed by atoms with Crippen LogP contribution in [-0.2, 0) is 9.59 Å². The molecule has 0 saturated carbocycles. The van der Waals surface area contributed by atoms with Crippen molar-refractivity contribution >= 4 is 17.9 Å². The summed E-state index contributed by atoms with van der Waals surface area (Å²) in [6.07, 6.45) is 1.76. The summed E-state index contributed by atoms with van der Waals surface area (Å²) in [4.78, 5) is 34.8. The van der Waals surface area contributed by atoms with E-state index < -0.39 is 18.0 Å². The number of nitrogens with one attached hydrogen (secondary N) is 2. The third kappa shape index (κ3) is 3.61. The van der Waals surface area contributed by atoms with E-state index in [4.69, 9.17) is 5.11 Å². The first-order valence-corrected chi connectivity index (χ1v) is 5.60. The summed E-state index contributed by atoms with van der Waals surface area (Å²) in [6.45, 7) is 2.21. The van der Waals surface area contributed by atoms with Crippen molar-refractivity contribution in [1.82, 2.24) is 15.5 Å². The molecule has 1 unspecified atom stereocenters. The van der Waals surface area contributed by atoms with Gasteiger partial charge in [0, 0.05) is 13.1 Å². The fraction of sp³-hybridized carbons (Fsp3) is 0.700. The van der Waals surface area contributed by atoms with Crippen LogP contribution >= 0.6 is 0 Å². The molecular weight excluding hydrogens is 226 g/mol. The average molecular weight is 243 g/mol. The van der Waals surface area contributed by atoms with E-state index in [0.717, 1.165) is 17.7 Å². The van der Waals surface area contributed by atoms with Crippen molar-refractivity contribution < 1.29 is 19.5 Å². The molecule has 3 amide bonds. The maximum absolute atomic E-state index is 11.7. The number of carboxylic acids is 1. The largest absolute Gasteiger partial charge is 0.480 e. The Morgan fingerprint density at radius 3 is 2.88 bits per heavy atom. The first-order chi connectivity index (χ1) is 8.06. The molecule has 1 heterocycles. The van der Waals surface area contributed by atoms with Gasteiger partial charge in [-0.15, -0.1) is 0 Å². The summed E-state index contributed by atoms with van der Waals surface area (Å²) in [7, 11) is 0. The van der Waals surface area contributed by atoms with Gasteiger partial charge in [-0.2, -0.15) is 0 Å². The molecule has 7 nitrogen and oxygen atoms in total. The highest BCUT2D eigenvalue weighted by Gasteiger charge is 2.34. The monoisotopic (exact) mass is 243 g/mol. The van der Waals surface area contributed by atoms with Crippen LogP contribution in [0.1, 0.15) is 19.8 Å². The summed E-state index contributed by atoms with van der Waals surface area (Å²) >= 11 is 0. The van der Waals surface area contributed by atoms with Crippen LogP contribution in [0, 0.1) is 0 Å². The highest BCUT2D eigenvalue weighted by atomic mass is 16.4. The third-order valence-corrected chi connectivity index (χ3v) is 2.54. The molecule has 1 saturated heterocycles. The van der Waals surface area contributed by atoms with Crippen LogP contribution in [0.3, 0.4) is 0 Å². The van der Waals surface area contributed by atoms with Gasteiger partial charge in [-0.1, -0.05) is 13.3 Å². The van der Waals surface area contributed by atoms with Gasteiger partial charge in [0.05, 0.1) is 0 Å². The Kier molecular flexibility index (Phi) is 4.74. The van der Waals surface area contributed by atoms with Gasteiger partial charge < -0.3 is 15.7 Å². The number of hydrogen-bond donors (Lipinski definition) is 3. The zero-order valence-electron chi connectivity index (χ0n) is 9.73. The first kappa shape index (κ1) is 13.3. The van der Waals surface area contributed by atoms with Crippen LogP contribution < -0.4 is 10.6 Å². The molecule has 17 heavy (non-hydrogen) atoms. The van der Waals surface area contributed by atoms with E-state index in [1.54, 1.807) is 0 Å². The third-order valence-electron chi connectivity index (χ3n) is 2.54. The van der Waals surface area contributed by atoms with Gasteiger partial charge in [-0.25, -0.2) is 9.59 Å². The van der Waals surface area contributed by atoms with Crippen molar-refractivity contribution in [1.29, 1.82) is 0 Å². The average Bonchev–Trinajstić information content (AvgIpc) is 2.28. The Labute approximate surface area is 99.2 Å². The minimum Gasteiger partial charge on any atom is -0.480 e. The van der Waals surface area contributed by atoms with E-state index in [1.165, 1.54) is 0 Å². The number of unbranched alkanes of at least 4 members (excludes halogenated alkanes) is 1. The Morgan fingerprint density at radius 1 is 1.59 bits per heavy atom. The van der Waals surface area contributed by atoms with E-state index >= 15 is 0 Å². The number of hydrogen-bond acceptors (Lipinski definition) is 3. The number of carbonyl (C=O) groups is 3. The van der Waals surface area contributed by atoms with Gasteiger partial charge in [0.2, 0.25) is 5.91 Å². The number of carboxylic acid groups (broad SMARTS) is 1. The first-order valence-electron chi connectivity index (χ1n) is 5.60. The van der Waals surface area contributed by atoms with Crippen LogP contribution in [0.15, 0.2) is 0 Å². The molecule has 1 fully saturated rings. The smallest absolute Gasteiger partial charge is 0.328 e. The van der Waals surface area contributed by atoms with E-state index in [-0.39, 0.29) is 19.0 Å². The normalized spacial score (nSPS) is 19.7. The minimum absolute atomic E-state index is 0.0463. The molecule has 0 aromatic rings. The van der Waals surface area contributed by atoms with Crippen molar-refractivity contribution in [3.8, 4) is 0 Å². The number of piperazine rings is 1. The van der Waals surface area contributed by atoms with Gasteiger partial charge in [0.25, 0.3) is 0 Å². The van der Waals surface area contributed by atoms with E-state index in [9.17, 15) is 14.4 Å². The van der Waals surface area contributed by atoms with Gasteiger partial charge in [-0.05, 0) is 6.42 Å². The standard InChI is InChI=1S/C10H17N3O4/c1-2-3-4-11-10(17)13-6-8(14)12-5-7(13)9(15)16/h7H,2-6H2,1H3,(H,11,17)(H,12,14)(H,15,16). The lowest BCUT2D eigenvalue weighted by Gasteiger charge is -2.32. The molecule has 1 atom stereocenters. The number of rotatable bonds is 4. The lowest BCUT2D eigenvalue weighted by atomic mass is 10.2. The summed E-state index contributed by atoms with van der Waals surface area (Å²) in [5, 5.41) is 14.0. The molecular formula is C10H17N3O4. The van der Waals surface area contributed by atoms with Crippen molar-refractivity contribution in [2.45, 2.75) is 25.8 Å². The molecule has 7 heteroatoms. The molecule has 0 aromatic heterocycles. The summed E-state index contributed by atoms with van der Waals surface area (Å²) in [6, 6.07) is -1.49. The van der Waals surface area contributed by atoms with Crippen molar-refractivity contribution in [3.63, 3.8) is 0 Å². The topological polar surface area (TPSA) is 98.7 Å². The molecule has 1 aliphatic heterocycles. The Balaban J connectivity index is 2.59. The molecule has 3 N–H and O–H groups in total. The molecule has 0 aliphatic carbocycles. The maximum atomic E-state index is 11.7. The molecule has 0 aromatic carbocycles. The van der Waals surface area contributed by atoms with Crippen LogP contribution in [0.2, 0.25) is 0 Å². The second-order valence-corrected chi connectivity index (χ2v) is 3.87. The number of urea groups is 1.